The van der Waals surface area contributed by atoms with E-state index in [1.54, 1.807) is 0 Å². The lowest BCUT2D eigenvalue weighted by atomic mass is 10.0. The molecule has 1 fully saturated rings. The molecule has 1 aliphatic heterocycles. The van der Waals surface area contributed by atoms with Crippen molar-refractivity contribution in [2.75, 3.05) is 11.9 Å². The van der Waals surface area contributed by atoms with E-state index in [2.05, 4.69) is 30.5 Å². The van der Waals surface area contributed by atoms with Gasteiger partial charge in [-0.2, -0.15) is 0 Å². The molecular formula is C16H24N2O2. The Hall–Kier alpha value is -1.39. The van der Waals surface area contributed by atoms with Crippen LogP contribution >= 0.6 is 0 Å². The smallest absolute Gasteiger partial charge is 0.221 e. The van der Waals surface area contributed by atoms with E-state index in [0.717, 1.165) is 25.1 Å². The molecule has 1 amide bonds. The first-order chi connectivity index (χ1) is 9.56. The number of nitrogens with one attached hydrogen (secondary N) is 2. The molecule has 3 unspecified atom stereocenters. The quantitative estimate of drug-likeness (QED) is 0.869. The van der Waals surface area contributed by atoms with Gasteiger partial charge in [-0.1, -0.05) is 12.1 Å². The normalized spacial score (nSPS) is 21.4. The van der Waals surface area contributed by atoms with E-state index in [-0.39, 0.29) is 11.9 Å². The van der Waals surface area contributed by atoms with E-state index in [4.69, 9.17) is 4.74 Å². The van der Waals surface area contributed by atoms with Gasteiger partial charge in [0.1, 0.15) is 0 Å². The van der Waals surface area contributed by atoms with Gasteiger partial charge >= 0.3 is 0 Å². The minimum Gasteiger partial charge on any atom is -0.377 e. The van der Waals surface area contributed by atoms with Crippen LogP contribution in [-0.2, 0) is 9.53 Å². The maximum absolute atomic E-state index is 11.1. The molecule has 0 saturated carbocycles. The summed E-state index contributed by atoms with van der Waals surface area (Å²) in [6, 6.07) is 8.52. The first kappa shape index (κ1) is 15.0. The Morgan fingerprint density at radius 1 is 1.40 bits per heavy atom. The van der Waals surface area contributed by atoms with Crippen LogP contribution in [-0.4, -0.2) is 24.7 Å². The van der Waals surface area contributed by atoms with Crippen molar-refractivity contribution in [1.82, 2.24) is 5.32 Å². The monoisotopic (exact) mass is 276 g/mol. The second kappa shape index (κ2) is 6.86. The summed E-state index contributed by atoms with van der Waals surface area (Å²) in [6.07, 6.45) is 2.60. The Morgan fingerprint density at radius 3 is 2.85 bits per heavy atom. The van der Waals surface area contributed by atoms with Crippen LogP contribution in [0.1, 0.15) is 45.2 Å². The molecule has 3 atom stereocenters. The molecule has 20 heavy (non-hydrogen) atoms. The summed E-state index contributed by atoms with van der Waals surface area (Å²) < 4.78 is 5.71. The molecule has 0 radical (unpaired) electrons. The molecule has 4 nitrogen and oxygen atoms in total. The highest BCUT2D eigenvalue weighted by atomic mass is 16.5. The van der Waals surface area contributed by atoms with Gasteiger partial charge in [-0.15, -0.1) is 0 Å². The molecule has 4 heteroatoms. The number of hydrogen-bond acceptors (Lipinski definition) is 3. The lowest BCUT2D eigenvalue weighted by Crippen LogP contribution is -2.38. The number of hydrogen-bond donors (Lipinski definition) is 2. The van der Waals surface area contributed by atoms with Crippen LogP contribution in [0, 0.1) is 0 Å². The summed E-state index contributed by atoms with van der Waals surface area (Å²) in [6.45, 7) is 6.71. The third kappa shape index (κ3) is 4.05. The van der Waals surface area contributed by atoms with E-state index in [0.29, 0.717) is 12.1 Å². The molecule has 0 spiro atoms. The molecule has 1 saturated heterocycles. The van der Waals surface area contributed by atoms with Gasteiger partial charge in [0.05, 0.1) is 6.10 Å². The van der Waals surface area contributed by atoms with Crippen LogP contribution in [0.3, 0.4) is 0 Å². The van der Waals surface area contributed by atoms with Crippen LogP contribution in [0.4, 0.5) is 5.69 Å². The van der Waals surface area contributed by atoms with Crippen molar-refractivity contribution in [1.29, 1.82) is 0 Å². The first-order valence-corrected chi connectivity index (χ1v) is 7.31. The minimum absolute atomic E-state index is 0.0458. The average Bonchev–Trinajstić information content (AvgIpc) is 2.92. The summed E-state index contributed by atoms with van der Waals surface area (Å²) >= 11 is 0. The van der Waals surface area contributed by atoms with Gasteiger partial charge in [-0.05, 0) is 44.4 Å². The fourth-order valence-electron chi connectivity index (χ4n) is 2.68. The van der Waals surface area contributed by atoms with Gasteiger partial charge < -0.3 is 15.4 Å². The Balaban J connectivity index is 1.97. The minimum atomic E-state index is -0.0458. The van der Waals surface area contributed by atoms with Crippen LogP contribution in [0.15, 0.2) is 24.3 Å². The lowest BCUT2D eigenvalue weighted by Gasteiger charge is -2.25. The predicted octanol–water partition coefficient (Wildman–Crippen LogP) is 2.86. The van der Waals surface area contributed by atoms with Gasteiger partial charge in [0.25, 0.3) is 0 Å². The highest BCUT2D eigenvalue weighted by Crippen LogP contribution is 2.21. The van der Waals surface area contributed by atoms with E-state index in [1.165, 1.54) is 12.5 Å². The van der Waals surface area contributed by atoms with E-state index in [9.17, 15) is 4.79 Å². The Morgan fingerprint density at radius 2 is 2.20 bits per heavy atom. The predicted molar refractivity (Wildman–Crippen MR) is 80.7 cm³/mol. The molecule has 2 rings (SSSR count). The van der Waals surface area contributed by atoms with Crippen molar-refractivity contribution in [2.45, 2.75) is 51.8 Å². The third-order valence-corrected chi connectivity index (χ3v) is 3.74. The first-order valence-electron chi connectivity index (χ1n) is 7.31. The van der Waals surface area contributed by atoms with E-state index >= 15 is 0 Å². The van der Waals surface area contributed by atoms with Crippen molar-refractivity contribution in [2.24, 2.45) is 0 Å². The molecule has 0 aliphatic carbocycles. The molecule has 0 aromatic heterocycles. The van der Waals surface area contributed by atoms with Crippen molar-refractivity contribution >= 4 is 11.6 Å². The Labute approximate surface area is 120 Å². The zero-order valence-corrected chi connectivity index (χ0v) is 12.5. The van der Waals surface area contributed by atoms with Gasteiger partial charge in [0.2, 0.25) is 5.91 Å². The maximum atomic E-state index is 11.1. The van der Waals surface area contributed by atoms with E-state index < -0.39 is 0 Å². The fourth-order valence-corrected chi connectivity index (χ4v) is 2.68. The molecule has 2 N–H and O–H groups in total. The lowest BCUT2D eigenvalue weighted by molar-refractivity contribution is -0.114. The molecule has 1 aromatic carbocycles. The number of carbonyl (C=O) groups excluding carboxylic acids is 1. The summed E-state index contributed by atoms with van der Waals surface area (Å²) in [5.41, 5.74) is 2.01. The Bertz CT molecular complexity index is 456. The molecular weight excluding hydrogens is 252 g/mol. The number of carbonyl (C=O) groups is 1. The number of amides is 1. The van der Waals surface area contributed by atoms with Crippen LogP contribution in [0.5, 0.6) is 0 Å². The fraction of sp³-hybridized carbons (Fsp3) is 0.562. The van der Waals surface area contributed by atoms with Gasteiger partial charge in [0.15, 0.2) is 0 Å². The van der Waals surface area contributed by atoms with Crippen molar-refractivity contribution in [3.8, 4) is 0 Å². The van der Waals surface area contributed by atoms with Crippen molar-refractivity contribution in [3.05, 3.63) is 29.8 Å². The summed E-state index contributed by atoms with van der Waals surface area (Å²) in [5, 5.41) is 6.40. The molecule has 0 bridgehead atoms. The van der Waals surface area contributed by atoms with Crippen molar-refractivity contribution in [3.63, 3.8) is 0 Å². The number of anilines is 1. The molecule has 1 aliphatic rings. The van der Waals surface area contributed by atoms with Crippen LogP contribution in [0.2, 0.25) is 0 Å². The standard InChI is InChI=1S/C16H24N2O2/c1-11(17-12(2)16-8-5-9-20-16)14-6-4-7-15(10-14)18-13(3)19/h4,6-7,10-12,16-17H,5,8-9H2,1-3H3,(H,18,19). The SMILES string of the molecule is CC(=O)Nc1cccc(C(C)NC(C)C2CCCO2)c1. The summed E-state index contributed by atoms with van der Waals surface area (Å²) in [4.78, 5) is 11.1. The second-order valence-corrected chi connectivity index (χ2v) is 5.54. The summed E-state index contributed by atoms with van der Waals surface area (Å²) in [5.74, 6) is -0.0458. The third-order valence-electron chi connectivity index (χ3n) is 3.74. The van der Waals surface area contributed by atoms with E-state index in [1.807, 2.05) is 18.2 Å². The van der Waals surface area contributed by atoms with Gasteiger partial charge in [0, 0.05) is 31.3 Å². The highest BCUT2D eigenvalue weighted by molar-refractivity contribution is 5.88. The number of rotatable bonds is 5. The maximum Gasteiger partial charge on any atom is 0.221 e. The van der Waals surface area contributed by atoms with Crippen molar-refractivity contribution < 1.29 is 9.53 Å². The molecule has 1 aromatic rings. The largest absolute Gasteiger partial charge is 0.377 e. The Kier molecular flexibility index (Phi) is 5.15. The molecule has 1 heterocycles. The van der Waals surface area contributed by atoms with Crippen LogP contribution < -0.4 is 10.6 Å². The van der Waals surface area contributed by atoms with Gasteiger partial charge in [-0.25, -0.2) is 0 Å². The summed E-state index contributed by atoms with van der Waals surface area (Å²) in [7, 11) is 0. The zero-order chi connectivity index (χ0) is 14.5. The number of ether oxygens (including phenoxy) is 1. The van der Waals surface area contributed by atoms with Crippen LogP contribution in [0.25, 0.3) is 0 Å². The van der Waals surface area contributed by atoms with Gasteiger partial charge in [-0.3, -0.25) is 4.79 Å². The second-order valence-electron chi connectivity index (χ2n) is 5.54. The zero-order valence-electron chi connectivity index (χ0n) is 12.5. The highest BCUT2D eigenvalue weighted by Gasteiger charge is 2.23. The molecule has 110 valence electrons. The number of benzene rings is 1. The average molecular weight is 276 g/mol. The topological polar surface area (TPSA) is 50.4 Å².